The summed E-state index contributed by atoms with van der Waals surface area (Å²) < 4.78 is 0. The van der Waals surface area contributed by atoms with Crippen LogP contribution in [0.1, 0.15) is 59.8 Å². The van der Waals surface area contributed by atoms with E-state index in [1.54, 1.807) is 5.57 Å². The summed E-state index contributed by atoms with van der Waals surface area (Å²) in [6.07, 6.45) is 8.66. The van der Waals surface area contributed by atoms with Crippen molar-refractivity contribution >= 4 is 0 Å². The number of hydrogen-bond acceptors (Lipinski definition) is 1. The van der Waals surface area contributed by atoms with Crippen LogP contribution >= 0.6 is 0 Å². The molecule has 0 aromatic carbocycles. The van der Waals surface area contributed by atoms with Crippen molar-refractivity contribution in [1.29, 1.82) is 0 Å². The normalized spacial score (nSPS) is 39.8. The minimum absolute atomic E-state index is 0.185. The average molecular weight is 222 g/mol. The van der Waals surface area contributed by atoms with Crippen molar-refractivity contribution in [2.24, 2.45) is 16.7 Å². The molecule has 0 aromatic rings. The molecule has 0 aliphatic heterocycles. The summed E-state index contributed by atoms with van der Waals surface area (Å²) >= 11 is 0. The standard InChI is InChI=1S/C15H26O/c1-11(16)12-6-9-15(4)8-5-7-14(2,3)13(15)10-12/h10-12,16H,5-9H2,1-4H3/t11?,12-,15+/m0/s1. The van der Waals surface area contributed by atoms with Gasteiger partial charge in [-0.15, -0.1) is 0 Å². The lowest BCUT2D eigenvalue weighted by Gasteiger charge is -2.50. The molecule has 0 bridgehead atoms. The second kappa shape index (κ2) is 3.87. The molecule has 0 radical (unpaired) electrons. The lowest BCUT2D eigenvalue weighted by atomic mass is 9.55. The maximum Gasteiger partial charge on any atom is 0.0574 e. The van der Waals surface area contributed by atoms with Gasteiger partial charge in [-0.2, -0.15) is 0 Å². The molecule has 1 fully saturated rings. The molecule has 3 atom stereocenters. The highest BCUT2D eigenvalue weighted by molar-refractivity contribution is 5.27. The van der Waals surface area contributed by atoms with Crippen molar-refractivity contribution < 1.29 is 5.11 Å². The quantitative estimate of drug-likeness (QED) is 0.667. The molecule has 1 unspecified atom stereocenters. The molecule has 0 spiro atoms. The Kier molecular flexibility index (Phi) is 2.94. The molecule has 2 aliphatic rings. The summed E-state index contributed by atoms with van der Waals surface area (Å²) in [5, 5.41) is 9.78. The zero-order chi connectivity index (χ0) is 12.0. The van der Waals surface area contributed by atoms with Gasteiger partial charge < -0.3 is 5.11 Å². The SMILES string of the molecule is CC(O)[C@@H]1C=C2C(C)(C)CCC[C@]2(C)CC1. The second-order valence-corrected chi connectivity index (χ2v) is 6.82. The maximum atomic E-state index is 9.78. The number of aliphatic hydroxyl groups excluding tert-OH is 1. The van der Waals surface area contributed by atoms with E-state index in [4.69, 9.17) is 0 Å². The van der Waals surface area contributed by atoms with Crippen LogP contribution in [0.15, 0.2) is 11.6 Å². The average Bonchev–Trinajstić information content (AvgIpc) is 2.15. The van der Waals surface area contributed by atoms with E-state index in [2.05, 4.69) is 26.8 Å². The topological polar surface area (TPSA) is 20.2 Å². The molecule has 16 heavy (non-hydrogen) atoms. The second-order valence-electron chi connectivity index (χ2n) is 6.82. The van der Waals surface area contributed by atoms with E-state index in [1.807, 2.05) is 6.92 Å². The summed E-state index contributed by atoms with van der Waals surface area (Å²) in [6, 6.07) is 0. The molecule has 0 saturated heterocycles. The van der Waals surface area contributed by atoms with Crippen LogP contribution in [-0.2, 0) is 0 Å². The van der Waals surface area contributed by atoms with Gasteiger partial charge in [-0.1, -0.05) is 38.8 Å². The third kappa shape index (κ3) is 1.95. The van der Waals surface area contributed by atoms with Gasteiger partial charge in [0.25, 0.3) is 0 Å². The molecule has 2 rings (SSSR count). The number of hydrogen-bond donors (Lipinski definition) is 1. The third-order valence-electron chi connectivity index (χ3n) is 4.94. The summed E-state index contributed by atoms with van der Waals surface area (Å²) in [6.45, 7) is 9.11. The summed E-state index contributed by atoms with van der Waals surface area (Å²) in [7, 11) is 0. The van der Waals surface area contributed by atoms with Crippen LogP contribution in [0.5, 0.6) is 0 Å². The molecule has 1 heteroatoms. The first kappa shape index (κ1) is 12.2. The van der Waals surface area contributed by atoms with Crippen molar-refractivity contribution in [3.63, 3.8) is 0 Å². The van der Waals surface area contributed by atoms with Crippen molar-refractivity contribution in [2.45, 2.75) is 65.9 Å². The van der Waals surface area contributed by atoms with Crippen LogP contribution in [0.25, 0.3) is 0 Å². The Labute approximate surface area is 99.9 Å². The van der Waals surface area contributed by atoms with Gasteiger partial charge in [0.05, 0.1) is 6.10 Å². The van der Waals surface area contributed by atoms with Gasteiger partial charge in [-0.3, -0.25) is 0 Å². The van der Waals surface area contributed by atoms with E-state index in [0.717, 1.165) is 6.42 Å². The van der Waals surface area contributed by atoms with Crippen LogP contribution < -0.4 is 0 Å². The van der Waals surface area contributed by atoms with Gasteiger partial charge in [0.2, 0.25) is 0 Å². The van der Waals surface area contributed by atoms with E-state index < -0.39 is 0 Å². The van der Waals surface area contributed by atoms with Gasteiger partial charge in [-0.05, 0) is 43.4 Å². The maximum absolute atomic E-state index is 9.78. The van der Waals surface area contributed by atoms with Gasteiger partial charge in [0, 0.05) is 5.92 Å². The van der Waals surface area contributed by atoms with Crippen LogP contribution in [-0.4, -0.2) is 11.2 Å². The minimum Gasteiger partial charge on any atom is -0.393 e. The lowest BCUT2D eigenvalue weighted by Crippen LogP contribution is -2.38. The van der Waals surface area contributed by atoms with E-state index in [0.29, 0.717) is 16.7 Å². The Morgan fingerprint density at radius 2 is 1.94 bits per heavy atom. The molecule has 0 amide bonds. The Hall–Kier alpha value is -0.300. The first-order valence-corrected chi connectivity index (χ1v) is 6.76. The van der Waals surface area contributed by atoms with Crippen LogP contribution in [0.3, 0.4) is 0 Å². The highest BCUT2D eigenvalue weighted by atomic mass is 16.3. The van der Waals surface area contributed by atoms with Gasteiger partial charge in [0.15, 0.2) is 0 Å². The summed E-state index contributed by atoms with van der Waals surface area (Å²) in [5.41, 5.74) is 2.40. The minimum atomic E-state index is -0.185. The van der Waals surface area contributed by atoms with E-state index in [9.17, 15) is 5.11 Å². The first-order chi connectivity index (χ1) is 7.35. The van der Waals surface area contributed by atoms with Crippen molar-refractivity contribution in [3.8, 4) is 0 Å². The fraction of sp³-hybridized carbons (Fsp3) is 0.867. The van der Waals surface area contributed by atoms with Crippen LogP contribution in [0.2, 0.25) is 0 Å². The lowest BCUT2D eigenvalue weighted by molar-refractivity contribution is 0.103. The number of fused-ring (bicyclic) bond motifs is 1. The van der Waals surface area contributed by atoms with Crippen molar-refractivity contribution in [2.75, 3.05) is 0 Å². The van der Waals surface area contributed by atoms with Crippen LogP contribution in [0, 0.1) is 16.7 Å². The zero-order valence-electron chi connectivity index (χ0n) is 11.2. The zero-order valence-corrected chi connectivity index (χ0v) is 11.2. The highest BCUT2D eigenvalue weighted by Crippen LogP contribution is 2.55. The summed E-state index contributed by atoms with van der Waals surface area (Å²) in [4.78, 5) is 0. The fourth-order valence-corrected chi connectivity index (χ4v) is 3.86. The molecular formula is C15H26O. The van der Waals surface area contributed by atoms with E-state index in [1.165, 1.54) is 25.7 Å². The number of rotatable bonds is 1. The largest absolute Gasteiger partial charge is 0.393 e. The fourth-order valence-electron chi connectivity index (χ4n) is 3.86. The Morgan fingerprint density at radius 1 is 1.25 bits per heavy atom. The molecule has 0 aromatic heterocycles. The first-order valence-electron chi connectivity index (χ1n) is 6.76. The Balaban J connectivity index is 2.35. The molecule has 1 saturated carbocycles. The smallest absolute Gasteiger partial charge is 0.0574 e. The van der Waals surface area contributed by atoms with Crippen molar-refractivity contribution in [1.82, 2.24) is 0 Å². The van der Waals surface area contributed by atoms with Gasteiger partial charge in [-0.25, -0.2) is 0 Å². The molecule has 1 nitrogen and oxygen atoms in total. The predicted molar refractivity (Wildman–Crippen MR) is 68.2 cm³/mol. The van der Waals surface area contributed by atoms with Gasteiger partial charge in [0.1, 0.15) is 0 Å². The van der Waals surface area contributed by atoms with E-state index in [-0.39, 0.29) is 6.10 Å². The van der Waals surface area contributed by atoms with Gasteiger partial charge >= 0.3 is 0 Å². The Morgan fingerprint density at radius 3 is 2.56 bits per heavy atom. The van der Waals surface area contributed by atoms with Crippen molar-refractivity contribution in [3.05, 3.63) is 11.6 Å². The molecular weight excluding hydrogens is 196 g/mol. The summed E-state index contributed by atoms with van der Waals surface area (Å²) in [5.74, 6) is 0.389. The number of aliphatic hydroxyl groups is 1. The number of allylic oxidation sites excluding steroid dienone is 1. The van der Waals surface area contributed by atoms with E-state index >= 15 is 0 Å². The predicted octanol–water partition coefficient (Wildman–Crippen LogP) is 3.92. The molecule has 92 valence electrons. The molecule has 1 N–H and O–H groups in total. The molecule has 0 heterocycles. The highest BCUT2D eigenvalue weighted by Gasteiger charge is 2.44. The van der Waals surface area contributed by atoms with Crippen LogP contribution in [0.4, 0.5) is 0 Å². The Bertz CT molecular complexity index is 301. The monoisotopic (exact) mass is 222 g/mol. The molecule has 2 aliphatic carbocycles. The third-order valence-corrected chi connectivity index (χ3v) is 4.94.